The van der Waals surface area contributed by atoms with Crippen molar-refractivity contribution in [3.8, 4) is 0 Å². The fourth-order valence-corrected chi connectivity index (χ4v) is 2.10. The third-order valence-corrected chi connectivity index (χ3v) is 3.00. The third-order valence-electron chi connectivity index (χ3n) is 1.82. The zero-order valence-corrected chi connectivity index (χ0v) is 7.52. The molecule has 1 aliphatic heterocycles. The van der Waals surface area contributed by atoms with Crippen LogP contribution in [0.3, 0.4) is 0 Å². The van der Waals surface area contributed by atoms with Crippen molar-refractivity contribution in [3.05, 3.63) is 24.3 Å². The van der Waals surface area contributed by atoms with Crippen molar-refractivity contribution in [3.63, 3.8) is 0 Å². The lowest BCUT2D eigenvalue weighted by atomic mass is 10.3. The van der Waals surface area contributed by atoms with Crippen LogP contribution < -0.4 is 5.32 Å². The monoisotopic (exact) mass is 179 g/mol. The van der Waals surface area contributed by atoms with E-state index in [4.69, 9.17) is 0 Å². The Bertz CT molecular complexity index is 324. The number of rotatable bonds is 0. The molecule has 0 saturated carbocycles. The molecule has 0 aromatic heterocycles. The highest BCUT2D eigenvalue weighted by molar-refractivity contribution is 8.00. The standard InChI is InChI=1S/C9H9NOS/c1-6-9(11)10-7-4-2-3-5-8(7)12-6/h2-6H,1H3,(H,10,11)/t6-/m1/s1. The highest BCUT2D eigenvalue weighted by Gasteiger charge is 2.21. The van der Waals surface area contributed by atoms with E-state index in [0.717, 1.165) is 10.6 Å². The van der Waals surface area contributed by atoms with Gasteiger partial charge in [0.25, 0.3) is 0 Å². The first kappa shape index (κ1) is 7.68. The van der Waals surface area contributed by atoms with Crippen LogP contribution in [0, 0.1) is 0 Å². The van der Waals surface area contributed by atoms with Crippen molar-refractivity contribution in [2.24, 2.45) is 0 Å². The van der Waals surface area contributed by atoms with Gasteiger partial charge in [0.15, 0.2) is 0 Å². The van der Waals surface area contributed by atoms with Gasteiger partial charge in [0, 0.05) is 4.90 Å². The number of para-hydroxylation sites is 1. The number of hydrogen-bond donors (Lipinski definition) is 1. The second kappa shape index (κ2) is 2.83. The Kier molecular flexibility index (Phi) is 1.81. The predicted octanol–water partition coefficient (Wildman–Crippen LogP) is 2.12. The molecule has 1 N–H and O–H groups in total. The van der Waals surface area contributed by atoms with E-state index >= 15 is 0 Å². The summed E-state index contributed by atoms with van der Waals surface area (Å²) in [4.78, 5) is 12.4. The molecule has 1 aromatic carbocycles. The van der Waals surface area contributed by atoms with E-state index in [1.165, 1.54) is 0 Å². The second-order valence-electron chi connectivity index (χ2n) is 2.75. The molecule has 1 aliphatic rings. The Labute approximate surface area is 75.4 Å². The van der Waals surface area contributed by atoms with Crippen molar-refractivity contribution >= 4 is 23.4 Å². The number of carbonyl (C=O) groups is 1. The molecule has 2 rings (SSSR count). The van der Waals surface area contributed by atoms with E-state index < -0.39 is 0 Å². The summed E-state index contributed by atoms with van der Waals surface area (Å²) in [7, 11) is 0. The molecule has 3 heteroatoms. The number of anilines is 1. The molecule has 0 aliphatic carbocycles. The van der Waals surface area contributed by atoms with Crippen LogP contribution in [0.4, 0.5) is 5.69 Å². The summed E-state index contributed by atoms with van der Waals surface area (Å²) in [5.41, 5.74) is 0.936. The van der Waals surface area contributed by atoms with Gasteiger partial charge in [-0.1, -0.05) is 12.1 Å². The van der Waals surface area contributed by atoms with Gasteiger partial charge in [-0.3, -0.25) is 4.79 Å². The Morgan fingerprint density at radius 2 is 2.17 bits per heavy atom. The minimum absolute atomic E-state index is 0.0277. The first-order valence-corrected chi connectivity index (χ1v) is 4.72. The van der Waals surface area contributed by atoms with Crippen molar-refractivity contribution < 1.29 is 4.79 Å². The van der Waals surface area contributed by atoms with Crippen molar-refractivity contribution in [1.29, 1.82) is 0 Å². The van der Waals surface area contributed by atoms with Gasteiger partial charge in [0.1, 0.15) is 0 Å². The largest absolute Gasteiger partial charge is 0.324 e. The molecule has 62 valence electrons. The molecule has 0 radical (unpaired) electrons. The van der Waals surface area contributed by atoms with Crippen LogP contribution in [0.15, 0.2) is 29.2 Å². The molecule has 0 bridgehead atoms. The first-order chi connectivity index (χ1) is 5.77. The summed E-state index contributed by atoms with van der Waals surface area (Å²) >= 11 is 1.61. The fraction of sp³-hybridized carbons (Fsp3) is 0.222. The van der Waals surface area contributed by atoms with Gasteiger partial charge >= 0.3 is 0 Å². The molecule has 1 heterocycles. The fourth-order valence-electron chi connectivity index (χ4n) is 1.15. The van der Waals surface area contributed by atoms with Crippen LogP contribution in [0.25, 0.3) is 0 Å². The van der Waals surface area contributed by atoms with E-state index in [0.29, 0.717) is 0 Å². The average Bonchev–Trinajstić information content (AvgIpc) is 2.07. The predicted molar refractivity (Wildman–Crippen MR) is 50.4 cm³/mol. The number of amides is 1. The summed E-state index contributed by atoms with van der Waals surface area (Å²) < 4.78 is 0. The van der Waals surface area contributed by atoms with Gasteiger partial charge in [0.2, 0.25) is 5.91 Å². The molecular weight excluding hydrogens is 170 g/mol. The van der Waals surface area contributed by atoms with E-state index in [-0.39, 0.29) is 11.2 Å². The number of hydrogen-bond acceptors (Lipinski definition) is 2. The molecule has 1 amide bonds. The Balaban J connectivity index is 2.40. The highest BCUT2D eigenvalue weighted by atomic mass is 32.2. The second-order valence-corrected chi connectivity index (χ2v) is 4.13. The van der Waals surface area contributed by atoms with Crippen molar-refractivity contribution in [2.75, 3.05) is 5.32 Å². The van der Waals surface area contributed by atoms with Gasteiger partial charge in [-0.2, -0.15) is 0 Å². The van der Waals surface area contributed by atoms with Gasteiger partial charge in [-0.15, -0.1) is 11.8 Å². The van der Waals surface area contributed by atoms with Crippen LogP contribution in [0.2, 0.25) is 0 Å². The lowest BCUT2D eigenvalue weighted by Crippen LogP contribution is -2.26. The van der Waals surface area contributed by atoms with Gasteiger partial charge in [-0.25, -0.2) is 0 Å². The van der Waals surface area contributed by atoms with Crippen LogP contribution >= 0.6 is 11.8 Å². The lowest BCUT2D eigenvalue weighted by molar-refractivity contribution is -0.115. The summed E-state index contributed by atoms with van der Waals surface area (Å²) in [6.45, 7) is 1.91. The molecule has 0 saturated heterocycles. The van der Waals surface area contributed by atoms with Gasteiger partial charge in [-0.05, 0) is 19.1 Å². The van der Waals surface area contributed by atoms with Crippen LogP contribution in [0.5, 0.6) is 0 Å². The topological polar surface area (TPSA) is 29.1 Å². The maximum atomic E-state index is 11.2. The SMILES string of the molecule is C[C@H]1Sc2ccccc2NC1=O. The van der Waals surface area contributed by atoms with Gasteiger partial charge in [0.05, 0.1) is 10.9 Å². The summed E-state index contributed by atoms with van der Waals surface area (Å²) in [5, 5.41) is 2.88. The Morgan fingerprint density at radius 3 is 3.00 bits per heavy atom. The molecule has 12 heavy (non-hydrogen) atoms. The molecular formula is C9H9NOS. The zero-order valence-electron chi connectivity index (χ0n) is 6.70. The first-order valence-electron chi connectivity index (χ1n) is 3.84. The highest BCUT2D eigenvalue weighted by Crippen LogP contribution is 2.34. The van der Waals surface area contributed by atoms with E-state index in [1.807, 2.05) is 31.2 Å². The molecule has 0 fully saturated rings. The van der Waals surface area contributed by atoms with Crippen molar-refractivity contribution in [1.82, 2.24) is 0 Å². The molecule has 2 nitrogen and oxygen atoms in total. The Morgan fingerprint density at radius 1 is 1.42 bits per heavy atom. The minimum atomic E-state index is 0.0277. The molecule has 0 spiro atoms. The zero-order chi connectivity index (χ0) is 8.55. The van der Waals surface area contributed by atoms with E-state index in [9.17, 15) is 4.79 Å². The normalized spacial score (nSPS) is 21.4. The smallest absolute Gasteiger partial charge is 0.237 e. The summed E-state index contributed by atoms with van der Waals surface area (Å²) in [6.07, 6.45) is 0. The lowest BCUT2D eigenvalue weighted by Gasteiger charge is -2.20. The van der Waals surface area contributed by atoms with Crippen LogP contribution in [-0.4, -0.2) is 11.2 Å². The molecule has 1 atom stereocenters. The molecule has 0 unspecified atom stereocenters. The Hall–Kier alpha value is -0.960. The quantitative estimate of drug-likeness (QED) is 0.661. The number of fused-ring (bicyclic) bond motifs is 1. The number of thioether (sulfide) groups is 1. The maximum Gasteiger partial charge on any atom is 0.237 e. The number of carbonyl (C=O) groups excluding carboxylic acids is 1. The number of nitrogens with one attached hydrogen (secondary N) is 1. The van der Waals surface area contributed by atoms with Crippen LogP contribution in [0.1, 0.15) is 6.92 Å². The minimum Gasteiger partial charge on any atom is -0.324 e. The van der Waals surface area contributed by atoms with E-state index in [2.05, 4.69) is 5.32 Å². The third kappa shape index (κ3) is 1.20. The summed E-state index contributed by atoms with van der Waals surface area (Å²) in [6, 6.07) is 7.85. The van der Waals surface area contributed by atoms with E-state index in [1.54, 1.807) is 11.8 Å². The van der Waals surface area contributed by atoms with Crippen LogP contribution in [-0.2, 0) is 4.79 Å². The maximum absolute atomic E-state index is 11.2. The number of benzene rings is 1. The average molecular weight is 179 g/mol. The van der Waals surface area contributed by atoms with Gasteiger partial charge < -0.3 is 5.32 Å². The molecule has 1 aromatic rings. The van der Waals surface area contributed by atoms with Crippen molar-refractivity contribution in [2.45, 2.75) is 17.1 Å². The summed E-state index contributed by atoms with van der Waals surface area (Å²) in [5.74, 6) is 0.0960.